The van der Waals surface area contributed by atoms with Gasteiger partial charge in [0, 0.05) is 18.5 Å². The summed E-state index contributed by atoms with van der Waals surface area (Å²) >= 11 is 0. The molecule has 1 aliphatic rings. The van der Waals surface area contributed by atoms with Crippen LogP contribution in [0.15, 0.2) is 12.2 Å². The number of hydrogen-bond donors (Lipinski definition) is 3. The van der Waals surface area contributed by atoms with Gasteiger partial charge < -0.3 is 16.2 Å². The minimum Gasteiger partial charge on any atom is -0.481 e. The first-order valence-corrected chi connectivity index (χ1v) is 5.86. The van der Waals surface area contributed by atoms with Gasteiger partial charge in [0.1, 0.15) is 0 Å². The number of carboxylic acids is 1. The van der Waals surface area contributed by atoms with Crippen LogP contribution in [0.25, 0.3) is 0 Å². The van der Waals surface area contributed by atoms with Gasteiger partial charge in [-0.3, -0.25) is 9.59 Å². The number of amides is 1. The van der Waals surface area contributed by atoms with Crippen LogP contribution in [0.3, 0.4) is 0 Å². The van der Waals surface area contributed by atoms with E-state index in [1.54, 1.807) is 12.2 Å². The molecular weight excluding hydrogens is 220 g/mol. The van der Waals surface area contributed by atoms with Crippen molar-refractivity contribution in [2.24, 2.45) is 17.6 Å². The van der Waals surface area contributed by atoms with Crippen molar-refractivity contribution in [1.29, 1.82) is 0 Å². The van der Waals surface area contributed by atoms with Crippen LogP contribution in [0.2, 0.25) is 0 Å². The van der Waals surface area contributed by atoms with Gasteiger partial charge in [0.05, 0.1) is 5.92 Å². The summed E-state index contributed by atoms with van der Waals surface area (Å²) in [6, 6.07) is -0.335. The van der Waals surface area contributed by atoms with E-state index in [9.17, 15) is 9.59 Å². The van der Waals surface area contributed by atoms with E-state index in [2.05, 4.69) is 5.32 Å². The Hall–Kier alpha value is -1.36. The highest BCUT2D eigenvalue weighted by atomic mass is 16.4. The molecular formula is C12H20N2O3. The molecule has 3 atom stereocenters. The molecule has 0 radical (unpaired) electrons. The number of carbonyl (C=O) groups is 2. The molecule has 1 rings (SSSR count). The molecule has 0 aromatic heterocycles. The lowest BCUT2D eigenvalue weighted by Gasteiger charge is -2.17. The molecule has 1 aliphatic carbocycles. The SMILES string of the molecule is CC(C)C(N)CC(=O)NC1C=CC(C(=O)O)C1. The highest BCUT2D eigenvalue weighted by molar-refractivity contribution is 5.78. The summed E-state index contributed by atoms with van der Waals surface area (Å²) in [6.07, 6.45) is 4.06. The molecule has 4 N–H and O–H groups in total. The van der Waals surface area contributed by atoms with Crippen molar-refractivity contribution in [3.63, 3.8) is 0 Å². The number of nitrogens with one attached hydrogen (secondary N) is 1. The van der Waals surface area contributed by atoms with Crippen LogP contribution in [0.4, 0.5) is 0 Å². The van der Waals surface area contributed by atoms with E-state index in [-0.39, 0.29) is 30.3 Å². The molecule has 17 heavy (non-hydrogen) atoms. The van der Waals surface area contributed by atoms with Gasteiger partial charge in [0.15, 0.2) is 0 Å². The molecule has 3 unspecified atom stereocenters. The predicted octanol–water partition coefficient (Wildman–Crippen LogP) is 0.505. The summed E-state index contributed by atoms with van der Waals surface area (Å²) < 4.78 is 0. The highest BCUT2D eigenvalue weighted by Gasteiger charge is 2.25. The molecule has 0 aromatic rings. The highest BCUT2D eigenvalue weighted by Crippen LogP contribution is 2.18. The molecule has 0 spiro atoms. The quantitative estimate of drug-likeness (QED) is 0.610. The second-order valence-corrected chi connectivity index (χ2v) is 4.85. The number of carboxylic acid groups (broad SMARTS) is 1. The summed E-state index contributed by atoms with van der Waals surface area (Å²) in [5.41, 5.74) is 5.79. The summed E-state index contributed by atoms with van der Waals surface area (Å²) in [5, 5.41) is 11.6. The van der Waals surface area contributed by atoms with Gasteiger partial charge in [0.25, 0.3) is 0 Å². The standard InChI is InChI=1S/C12H20N2O3/c1-7(2)10(13)6-11(15)14-9-4-3-8(5-9)12(16)17/h3-4,7-10H,5-6,13H2,1-2H3,(H,14,15)(H,16,17). The Morgan fingerprint density at radius 2 is 2.12 bits per heavy atom. The first-order valence-electron chi connectivity index (χ1n) is 5.86. The fourth-order valence-electron chi connectivity index (χ4n) is 1.70. The maximum Gasteiger partial charge on any atom is 0.310 e. The van der Waals surface area contributed by atoms with Crippen molar-refractivity contribution in [1.82, 2.24) is 5.32 Å². The second kappa shape index (κ2) is 5.82. The van der Waals surface area contributed by atoms with Crippen LogP contribution >= 0.6 is 0 Å². The second-order valence-electron chi connectivity index (χ2n) is 4.85. The van der Waals surface area contributed by atoms with E-state index in [1.807, 2.05) is 13.8 Å². The zero-order valence-corrected chi connectivity index (χ0v) is 10.2. The molecule has 96 valence electrons. The third kappa shape index (κ3) is 4.19. The van der Waals surface area contributed by atoms with Crippen molar-refractivity contribution in [2.75, 3.05) is 0 Å². The van der Waals surface area contributed by atoms with Crippen molar-refractivity contribution in [3.8, 4) is 0 Å². The zero-order chi connectivity index (χ0) is 13.0. The molecule has 0 saturated carbocycles. The topological polar surface area (TPSA) is 92.4 Å². The van der Waals surface area contributed by atoms with E-state index in [4.69, 9.17) is 10.8 Å². The Bertz CT molecular complexity index is 326. The van der Waals surface area contributed by atoms with Gasteiger partial charge in [-0.05, 0) is 12.3 Å². The zero-order valence-electron chi connectivity index (χ0n) is 10.2. The molecule has 0 heterocycles. The normalized spacial score (nSPS) is 24.9. The molecule has 1 amide bonds. The molecule has 0 bridgehead atoms. The lowest BCUT2D eigenvalue weighted by atomic mass is 10.0. The van der Waals surface area contributed by atoms with Crippen LogP contribution in [0, 0.1) is 11.8 Å². The van der Waals surface area contributed by atoms with E-state index in [0.29, 0.717) is 6.42 Å². The van der Waals surface area contributed by atoms with Crippen LogP contribution in [0.5, 0.6) is 0 Å². The van der Waals surface area contributed by atoms with Gasteiger partial charge in [-0.25, -0.2) is 0 Å². The molecule has 0 aromatic carbocycles. The minimum atomic E-state index is -0.850. The summed E-state index contributed by atoms with van der Waals surface area (Å²) in [5.74, 6) is -1.20. The van der Waals surface area contributed by atoms with E-state index in [0.717, 1.165) is 0 Å². The number of carbonyl (C=O) groups excluding carboxylic acids is 1. The largest absolute Gasteiger partial charge is 0.481 e. The van der Waals surface area contributed by atoms with Crippen molar-refractivity contribution in [2.45, 2.75) is 38.8 Å². The number of hydrogen-bond acceptors (Lipinski definition) is 3. The molecule has 5 heteroatoms. The van der Waals surface area contributed by atoms with Gasteiger partial charge in [0.2, 0.25) is 5.91 Å². The van der Waals surface area contributed by atoms with Gasteiger partial charge in [-0.2, -0.15) is 0 Å². The van der Waals surface area contributed by atoms with E-state index < -0.39 is 11.9 Å². The average Bonchev–Trinajstić information content (AvgIpc) is 2.65. The van der Waals surface area contributed by atoms with Crippen molar-refractivity contribution < 1.29 is 14.7 Å². The maximum atomic E-state index is 11.6. The average molecular weight is 240 g/mol. The van der Waals surface area contributed by atoms with E-state index >= 15 is 0 Å². The minimum absolute atomic E-state index is 0.119. The number of rotatable bonds is 5. The molecule has 5 nitrogen and oxygen atoms in total. The Kier molecular flexibility index (Phi) is 4.69. The smallest absolute Gasteiger partial charge is 0.310 e. The van der Waals surface area contributed by atoms with E-state index in [1.165, 1.54) is 0 Å². The first-order chi connectivity index (χ1) is 7.90. The maximum absolute atomic E-state index is 11.6. The molecule has 0 aliphatic heterocycles. The van der Waals surface area contributed by atoms with Crippen LogP contribution in [0.1, 0.15) is 26.7 Å². The van der Waals surface area contributed by atoms with Crippen LogP contribution in [-0.2, 0) is 9.59 Å². The Morgan fingerprint density at radius 3 is 2.59 bits per heavy atom. The summed E-state index contributed by atoms with van der Waals surface area (Å²) in [7, 11) is 0. The lowest BCUT2D eigenvalue weighted by molar-refractivity contribution is -0.140. The molecule has 0 fully saturated rings. The van der Waals surface area contributed by atoms with Crippen molar-refractivity contribution >= 4 is 11.9 Å². The number of aliphatic carboxylic acids is 1. The Balaban J connectivity index is 2.34. The summed E-state index contributed by atoms with van der Waals surface area (Å²) in [4.78, 5) is 22.3. The predicted molar refractivity (Wildman–Crippen MR) is 64.2 cm³/mol. The first kappa shape index (κ1) is 13.7. The summed E-state index contributed by atoms with van der Waals surface area (Å²) in [6.45, 7) is 3.93. The van der Waals surface area contributed by atoms with Gasteiger partial charge >= 0.3 is 5.97 Å². The van der Waals surface area contributed by atoms with Crippen LogP contribution < -0.4 is 11.1 Å². The fourth-order valence-corrected chi connectivity index (χ4v) is 1.70. The third-order valence-electron chi connectivity index (χ3n) is 3.02. The molecule has 0 saturated heterocycles. The number of nitrogens with two attached hydrogens (primary N) is 1. The lowest BCUT2D eigenvalue weighted by Crippen LogP contribution is -2.39. The Morgan fingerprint density at radius 1 is 1.47 bits per heavy atom. The van der Waals surface area contributed by atoms with Crippen LogP contribution in [-0.4, -0.2) is 29.1 Å². The van der Waals surface area contributed by atoms with Gasteiger partial charge in [-0.15, -0.1) is 0 Å². The fraction of sp³-hybridized carbons (Fsp3) is 0.667. The van der Waals surface area contributed by atoms with Gasteiger partial charge in [-0.1, -0.05) is 26.0 Å². The third-order valence-corrected chi connectivity index (χ3v) is 3.02. The monoisotopic (exact) mass is 240 g/mol. The van der Waals surface area contributed by atoms with Crippen molar-refractivity contribution in [3.05, 3.63) is 12.2 Å². The Labute approximate surface area is 101 Å².